The van der Waals surface area contributed by atoms with Crippen LogP contribution in [0, 0.1) is 0 Å². The van der Waals surface area contributed by atoms with E-state index < -0.39 is 0 Å². The number of benzene rings is 1. The quantitative estimate of drug-likeness (QED) is 0.855. The average molecular weight is 348 g/mol. The highest BCUT2D eigenvalue weighted by Crippen LogP contribution is 2.33. The molecule has 0 spiro atoms. The van der Waals surface area contributed by atoms with Gasteiger partial charge in [0.25, 0.3) is 0 Å². The third-order valence-corrected chi connectivity index (χ3v) is 5.25. The summed E-state index contributed by atoms with van der Waals surface area (Å²) in [5.74, 6) is 0.904. The van der Waals surface area contributed by atoms with Crippen molar-refractivity contribution in [3.05, 3.63) is 29.8 Å². The molecular weight excluding hydrogens is 316 g/mol. The molecule has 2 aliphatic rings. The molecule has 3 rings (SSSR count). The molecule has 2 saturated heterocycles. The number of aliphatic hydroxyl groups is 1. The van der Waals surface area contributed by atoms with Crippen LogP contribution in [0.25, 0.3) is 0 Å². The van der Waals surface area contributed by atoms with Crippen molar-refractivity contribution in [2.75, 3.05) is 39.8 Å². The number of rotatable bonds is 6. The highest BCUT2D eigenvalue weighted by atomic mass is 16.5. The number of likely N-dealkylation sites (tertiary alicyclic amines) is 1. The molecule has 0 aliphatic carbocycles. The molecule has 5 nitrogen and oxygen atoms in total. The Labute approximate surface area is 151 Å². The summed E-state index contributed by atoms with van der Waals surface area (Å²) in [6, 6.07) is 8.72. The zero-order valence-corrected chi connectivity index (χ0v) is 15.7. The molecule has 5 heteroatoms. The summed E-state index contributed by atoms with van der Waals surface area (Å²) in [6.45, 7) is 8.51. The fraction of sp³-hybridized carbons (Fsp3) is 0.700. The molecule has 0 aromatic heterocycles. The maximum atomic E-state index is 10.7. The Morgan fingerprint density at radius 3 is 2.72 bits per heavy atom. The van der Waals surface area contributed by atoms with Crippen LogP contribution in [-0.2, 0) is 4.74 Å². The molecule has 0 saturated carbocycles. The molecule has 140 valence electrons. The molecule has 0 bridgehead atoms. The number of methoxy groups -OCH3 is 1. The molecule has 2 heterocycles. The summed E-state index contributed by atoms with van der Waals surface area (Å²) in [7, 11) is 1.71. The van der Waals surface area contributed by atoms with Gasteiger partial charge in [-0.05, 0) is 50.9 Å². The first-order chi connectivity index (χ1) is 12.0. The van der Waals surface area contributed by atoms with E-state index in [1.165, 1.54) is 12.0 Å². The number of aliphatic hydroxyl groups excluding tert-OH is 1. The maximum Gasteiger partial charge on any atom is 0.119 e. The van der Waals surface area contributed by atoms with E-state index in [1.54, 1.807) is 7.11 Å². The topological polar surface area (TPSA) is 45.2 Å². The summed E-state index contributed by atoms with van der Waals surface area (Å²) in [4.78, 5) is 4.76. The van der Waals surface area contributed by atoms with Crippen molar-refractivity contribution < 1.29 is 14.6 Å². The zero-order chi connectivity index (χ0) is 17.8. The number of hydrogen-bond acceptors (Lipinski definition) is 5. The van der Waals surface area contributed by atoms with E-state index in [0.717, 1.165) is 44.9 Å². The first kappa shape index (κ1) is 18.6. The van der Waals surface area contributed by atoms with Crippen molar-refractivity contribution in [1.29, 1.82) is 0 Å². The number of hydrogen-bond donors (Lipinski definition) is 1. The third kappa shape index (κ3) is 4.94. The molecule has 4 unspecified atom stereocenters. The zero-order valence-electron chi connectivity index (χ0n) is 15.7. The van der Waals surface area contributed by atoms with Crippen LogP contribution >= 0.6 is 0 Å². The van der Waals surface area contributed by atoms with Crippen molar-refractivity contribution >= 4 is 0 Å². The lowest BCUT2D eigenvalue weighted by atomic mass is 10.0. The summed E-state index contributed by atoms with van der Waals surface area (Å²) in [6.07, 6.45) is 2.48. The lowest BCUT2D eigenvalue weighted by Gasteiger charge is -2.37. The van der Waals surface area contributed by atoms with Crippen LogP contribution in [0.5, 0.6) is 5.75 Å². The first-order valence-corrected chi connectivity index (χ1v) is 9.49. The van der Waals surface area contributed by atoms with Gasteiger partial charge >= 0.3 is 0 Å². The van der Waals surface area contributed by atoms with Crippen LogP contribution in [0.15, 0.2) is 24.3 Å². The minimum Gasteiger partial charge on any atom is -0.497 e. The van der Waals surface area contributed by atoms with Crippen LogP contribution in [0.3, 0.4) is 0 Å². The predicted molar refractivity (Wildman–Crippen MR) is 99.0 cm³/mol. The Bertz CT molecular complexity index is 543. The second-order valence-corrected chi connectivity index (χ2v) is 7.56. The van der Waals surface area contributed by atoms with E-state index in [1.807, 2.05) is 6.07 Å². The Morgan fingerprint density at radius 1 is 1.24 bits per heavy atom. The van der Waals surface area contributed by atoms with Crippen molar-refractivity contribution in [2.45, 2.75) is 51.0 Å². The van der Waals surface area contributed by atoms with Gasteiger partial charge in [0.2, 0.25) is 0 Å². The summed E-state index contributed by atoms with van der Waals surface area (Å²) in [5.41, 5.74) is 1.29. The Balaban J connectivity index is 1.57. The van der Waals surface area contributed by atoms with Gasteiger partial charge in [-0.15, -0.1) is 0 Å². The van der Waals surface area contributed by atoms with Crippen LogP contribution < -0.4 is 4.74 Å². The van der Waals surface area contributed by atoms with E-state index in [-0.39, 0.29) is 18.3 Å². The van der Waals surface area contributed by atoms with Gasteiger partial charge < -0.3 is 14.6 Å². The van der Waals surface area contributed by atoms with Gasteiger partial charge in [0.1, 0.15) is 5.75 Å². The minimum atomic E-state index is -0.330. The number of ether oxygens (including phenoxy) is 2. The Morgan fingerprint density at radius 2 is 2.00 bits per heavy atom. The number of nitrogens with zero attached hydrogens (tertiary/aromatic N) is 2. The minimum absolute atomic E-state index is 0.243. The summed E-state index contributed by atoms with van der Waals surface area (Å²) < 4.78 is 11.1. The van der Waals surface area contributed by atoms with Crippen LogP contribution in [0.4, 0.5) is 0 Å². The molecule has 0 radical (unpaired) electrons. The largest absolute Gasteiger partial charge is 0.497 e. The second-order valence-electron chi connectivity index (χ2n) is 7.56. The lowest BCUT2D eigenvalue weighted by Crippen LogP contribution is -2.49. The first-order valence-electron chi connectivity index (χ1n) is 9.49. The standard InChI is InChI=1S/C20H32N2O3/c1-15-11-21(12-16(2)25-15)13-18(23)14-22-9-5-8-20(22)17-6-4-7-19(10-17)24-3/h4,6-7,10,15-16,18,20,23H,5,8-9,11-14H2,1-3H3. The molecule has 2 fully saturated rings. The smallest absolute Gasteiger partial charge is 0.119 e. The molecule has 2 aliphatic heterocycles. The lowest BCUT2D eigenvalue weighted by molar-refractivity contribution is -0.0782. The van der Waals surface area contributed by atoms with E-state index in [2.05, 4.69) is 41.8 Å². The molecular formula is C20H32N2O3. The fourth-order valence-electron chi connectivity index (χ4n) is 4.33. The van der Waals surface area contributed by atoms with E-state index in [4.69, 9.17) is 9.47 Å². The highest BCUT2D eigenvalue weighted by Gasteiger charge is 2.29. The van der Waals surface area contributed by atoms with Gasteiger partial charge in [0.05, 0.1) is 25.4 Å². The maximum absolute atomic E-state index is 10.7. The summed E-state index contributed by atoms with van der Waals surface area (Å²) >= 11 is 0. The predicted octanol–water partition coefficient (Wildman–Crippen LogP) is 2.30. The Kier molecular flexibility index (Phi) is 6.34. The van der Waals surface area contributed by atoms with Gasteiger partial charge in [-0.2, -0.15) is 0 Å². The normalized spacial score (nSPS) is 29.7. The van der Waals surface area contributed by atoms with Crippen molar-refractivity contribution in [3.63, 3.8) is 0 Å². The van der Waals surface area contributed by atoms with Gasteiger partial charge in [0.15, 0.2) is 0 Å². The monoisotopic (exact) mass is 348 g/mol. The second kappa shape index (κ2) is 8.49. The molecule has 1 aromatic rings. The van der Waals surface area contributed by atoms with Gasteiger partial charge in [-0.1, -0.05) is 12.1 Å². The highest BCUT2D eigenvalue weighted by molar-refractivity contribution is 5.31. The molecule has 0 amide bonds. The Hall–Kier alpha value is -1.14. The number of morpholine rings is 1. The van der Waals surface area contributed by atoms with Crippen LogP contribution in [0.2, 0.25) is 0 Å². The van der Waals surface area contributed by atoms with Crippen molar-refractivity contribution in [1.82, 2.24) is 9.80 Å². The van der Waals surface area contributed by atoms with Crippen molar-refractivity contribution in [3.8, 4) is 5.75 Å². The van der Waals surface area contributed by atoms with Crippen LogP contribution in [0.1, 0.15) is 38.3 Å². The van der Waals surface area contributed by atoms with Crippen molar-refractivity contribution in [2.24, 2.45) is 0 Å². The SMILES string of the molecule is COc1cccc(C2CCCN2CC(O)CN2CC(C)OC(C)C2)c1. The van der Waals surface area contributed by atoms with E-state index in [9.17, 15) is 5.11 Å². The van der Waals surface area contributed by atoms with Gasteiger partial charge in [-0.3, -0.25) is 9.80 Å². The van der Waals surface area contributed by atoms with Gasteiger partial charge in [0, 0.05) is 32.2 Å². The van der Waals surface area contributed by atoms with E-state index in [0.29, 0.717) is 6.04 Å². The molecule has 4 atom stereocenters. The average Bonchev–Trinajstić information content (AvgIpc) is 3.01. The van der Waals surface area contributed by atoms with E-state index >= 15 is 0 Å². The third-order valence-electron chi connectivity index (χ3n) is 5.25. The molecule has 25 heavy (non-hydrogen) atoms. The number of β-amino-alcohol motifs (C(OH)–C–C–N with tert-alkyl or cyclic N) is 1. The fourth-order valence-corrected chi connectivity index (χ4v) is 4.33. The van der Waals surface area contributed by atoms with Crippen LogP contribution in [-0.4, -0.2) is 73.1 Å². The molecule has 1 aromatic carbocycles. The van der Waals surface area contributed by atoms with Gasteiger partial charge in [-0.25, -0.2) is 0 Å². The summed E-state index contributed by atoms with van der Waals surface area (Å²) in [5, 5.41) is 10.7. The molecule has 1 N–H and O–H groups in total.